The Hall–Kier alpha value is -1.13. The van der Waals surface area contributed by atoms with Crippen molar-refractivity contribution < 1.29 is 14.3 Å². The second-order valence-electron chi connectivity index (χ2n) is 2.88. The van der Waals surface area contributed by atoms with Crippen molar-refractivity contribution in [2.24, 2.45) is 5.90 Å². The van der Waals surface area contributed by atoms with Gasteiger partial charge in [-0.15, -0.1) is 0 Å². The molecule has 1 aromatic rings. The fourth-order valence-corrected chi connectivity index (χ4v) is 1.17. The largest absolute Gasteiger partial charge is 0.505 e. The Morgan fingerprint density at radius 3 is 2.85 bits per heavy atom. The van der Waals surface area contributed by atoms with Crippen LogP contribution in [0.3, 0.4) is 0 Å². The molecule has 3 nitrogen and oxygen atoms in total. The van der Waals surface area contributed by atoms with Gasteiger partial charge >= 0.3 is 0 Å². The van der Waals surface area contributed by atoms with Crippen LogP contribution in [0.2, 0.25) is 0 Å². The Morgan fingerprint density at radius 2 is 2.23 bits per heavy atom. The summed E-state index contributed by atoms with van der Waals surface area (Å²) in [5.41, 5.74) is 1.28. The fraction of sp³-hybridized carbons (Fsp3) is 0.333. The van der Waals surface area contributed by atoms with Crippen LogP contribution < -0.4 is 5.90 Å². The van der Waals surface area contributed by atoms with Gasteiger partial charge in [-0.2, -0.15) is 0 Å². The SMILES string of the molecule is Cc1cc(F)c(O)c(CCON)c1. The number of benzene rings is 1. The van der Waals surface area contributed by atoms with Gasteiger partial charge in [-0.3, -0.25) is 0 Å². The van der Waals surface area contributed by atoms with Crippen LogP contribution in [-0.4, -0.2) is 11.7 Å². The maximum absolute atomic E-state index is 12.9. The van der Waals surface area contributed by atoms with Crippen molar-refractivity contribution >= 4 is 0 Å². The first kappa shape index (κ1) is 9.95. The van der Waals surface area contributed by atoms with Gasteiger partial charge in [-0.05, 0) is 24.1 Å². The third-order valence-corrected chi connectivity index (χ3v) is 1.78. The minimum atomic E-state index is -0.605. The number of phenolic OH excluding ortho intramolecular Hbond substituents is 1. The molecule has 0 atom stereocenters. The zero-order valence-corrected chi connectivity index (χ0v) is 7.38. The third-order valence-electron chi connectivity index (χ3n) is 1.78. The maximum atomic E-state index is 12.9. The van der Waals surface area contributed by atoms with Crippen molar-refractivity contribution in [2.75, 3.05) is 6.61 Å². The molecule has 0 amide bonds. The molecule has 1 aromatic carbocycles. The van der Waals surface area contributed by atoms with E-state index >= 15 is 0 Å². The lowest BCUT2D eigenvalue weighted by Crippen LogP contribution is -2.04. The molecule has 0 aliphatic rings. The lowest BCUT2D eigenvalue weighted by atomic mass is 10.1. The number of rotatable bonds is 3. The Balaban J connectivity index is 2.92. The molecule has 1 rings (SSSR count). The lowest BCUT2D eigenvalue weighted by molar-refractivity contribution is 0.140. The molecule has 0 heterocycles. The molecule has 0 fully saturated rings. The number of aryl methyl sites for hydroxylation is 1. The second-order valence-corrected chi connectivity index (χ2v) is 2.88. The van der Waals surface area contributed by atoms with E-state index in [1.165, 1.54) is 6.07 Å². The quantitative estimate of drug-likeness (QED) is 0.697. The summed E-state index contributed by atoms with van der Waals surface area (Å²) in [6, 6.07) is 2.99. The molecule has 0 bridgehead atoms. The van der Waals surface area contributed by atoms with E-state index in [4.69, 9.17) is 5.90 Å². The van der Waals surface area contributed by atoms with Crippen LogP contribution in [0, 0.1) is 12.7 Å². The van der Waals surface area contributed by atoms with Gasteiger partial charge in [-0.25, -0.2) is 10.3 Å². The molecule has 0 saturated heterocycles. The summed E-state index contributed by atoms with van der Waals surface area (Å²) < 4.78 is 12.9. The van der Waals surface area contributed by atoms with Crippen molar-refractivity contribution in [1.82, 2.24) is 0 Å². The number of halogens is 1. The average molecular weight is 185 g/mol. The number of phenols is 1. The van der Waals surface area contributed by atoms with Crippen molar-refractivity contribution in [1.29, 1.82) is 0 Å². The van der Waals surface area contributed by atoms with Gasteiger partial charge in [0.2, 0.25) is 0 Å². The van der Waals surface area contributed by atoms with Gasteiger partial charge in [0.1, 0.15) is 0 Å². The van der Waals surface area contributed by atoms with Crippen LogP contribution in [0.15, 0.2) is 12.1 Å². The summed E-state index contributed by atoms with van der Waals surface area (Å²) in [7, 11) is 0. The lowest BCUT2D eigenvalue weighted by Gasteiger charge is -2.05. The van der Waals surface area contributed by atoms with E-state index in [2.05, 4.69) is 4.84 Å². The average Bonchev–Trinajstić information content (AvgIpc) is 2.09. The maximum Gasteiger partial charge on any atom is 0.165 e. The summed E-state index contributed by atoms with van der Waals surface area (Å²) in [5.74, 6) is 3.91. The zero-order valence-electron chi connectivity index (χ0n) is 7.38. The zero-order chi connectivity index (χ0) is 9.84. The minimum Gasteiger partial charge on any atom is -0.505 e. The van der Waals surface area contributed by atoms with Crippen molar-refractivity contribution in [3.8, 4) is 5.75 Å². The monoisotopic (exact) mass is 185 g/mol. The van der Waals surface area contributed by atoms with Gasteiger partial charge < -0.3 is 9.94 Å². The van der Waals surface area contributed by atoms with Crippen molar-refractivity contribution in [3.05, 3.63) is 29.1 Å². The normalized spacial score (nSPS) is 10.4. The molecule has 0 saturated carbocycles. The molecular formula is C9H12FNO2. The fourth-order valence-electron chi connectivity index (χ4n) is 1.17. The van der Waals surface area contributed by atoms with E-state index in [0.717, 1.165) is 5.56 Å². The van der Waals surface area contributed by atoms with Gasteiger partial charge in [0, 0.05) is 6.42 Å². The summed E-state index contributed by atoms with van der Waals surface area (Å²) in [5, 5.41) is 9.28. The van der Waals surface area contributed by atoms with E-state index in [-0.39, 0.29) is 12.4 Å². The van der Waals surface area contributed by atoms with Crippen LogP contribution in [0.4, 0.5) is 4.39 Å². The molecule has 13 heavy (non-hydrogen) atoms. The summed E-state index contributed by atoms with van der Waals surface area (Å²) in [6.07, 6.45) is 0.404. The molecule has 4 heteroatoms. The molecule has 0 aliphatic carbocycles. The topological polar surface area (TPSA) is 55.5 Å². The van der Waals surface area contributed by atoms with Gasteiger partial charge in [0.25, 0.3) is 0 Å². The smallest absolute Gasteiger partial charge is 0.165 e. The highest BCUT2D eigenvalue weighted by Crippen LogP contribution is 2.23. The van der Waals surface area contributed by atoms with Crippen molar-refractivity contribution in [3.63, 3.8) is 0 Å². The first-order valence-electron chi connectivity index (χ1n) is 3.95. The van der Waals surface area contributed by atoms with Gasteiger partial charge in [0.15, 0.2) is 11.6 Å². The molecule has 0 aromatic heterocycles. The Labute approximate surface area is 75.9 Å². The van der Waals surface area contributed by atoms with Crippen LogP contribution in [0.1, 0.15) is 11.1 Å². The predicted molar refractivity (Wildman–Crippen MR) is 46.6 cm³/mol. The molecule has 0 radical (unpaired) electrons. The number of hydrogen-bond donors (Lipinski definition) is 2. The van der Waals surface area contributed by atoms with Crippen molar-refractivity contribution in [2.45, 2.75) is 13.3 Å². The molecule has 0 unspecified atom stereocenters. The molecule has 0 spiro atoms. The Kier molecular flexibility index (Phi) is 3.22. The van der Waals surface area contributed by atoms with E-state index < -0.39 is 5.82 Å². The highest BCUT2D eigenvalue weighted by molar-refractivity contribution is 5.37. The highest BCUT2D eigenvalue weighted by Gasteiger charge is 2.07. The third kappa shape index (κ3) is 2.40. The number of aromatic hydroxyl groups is 1. The Morgan fingerprint density at radius 1 is 1.54 bits per heavy atom. The standard InChI is InChI=1S/C9H12FNO2/c1-6-4-7(2-3-13-11)9(12)8(10)5-6/h4-5,12H,2-3,11H2,1H3. The molecular weight excluding hydrogens is 173 g/mol. The second kappa shape index (κ2) is 4.20. The van der Waals surface area contributed by atoms with E-state index in [1.807, 2.05) is 0 Å². The molecule has 72 valence electrons. The van der Waals surface area contributed by atoms with Crippen LogP contribution in [0.5, 0.6) is 5.75 Å². The van der Waals surface area contributed by atoms with Crippen LogP contribution in [-0.2, 0) is 11.3 Å². The highest BCUT2D eigenvalue weighted by atomic mass is 19.1. The molecule has 3 N–H and O–H groups in total. The summed E-state index contributed by atoms with van der Waals surface area (Å²) in [4.78, 5) is 4.35. The van der Waals surface area contributed by atoms with Crippen LogP contribution >= 0.6 is 0 Å². The van der Waals surface area contributed by atoms with Gasteiger partial charge in [-0.1, -0.05) is 6.07 Å². The van der Waals surface area contributed by atoms with Gasteiger partial charge in [0.05, 0.1) is 6.61 Å². The number of hydrogen-bond acceptors (Lipinski definition) is 3. The van der Waals surface area contributed by atoms with E-state index in [1.54, 1.807) is 13.0 Å². The summed E-state index contributed by atoms with van der Waals surface area (Å²) >= 11 is 0. The first-order valence-corrected chi connectivity index (χ1v) is 3.95. The van der Waals surface area contributed by atoms with Crippen LogP contribution in [0.25, 0.3) is 0 Å². The van der Waals surface area contributed by atoms with E-state index in [9.17, 15) is 9.50 Å². The predicted octanol–water partition coefficient (Wildman–Crippen LogP) is 1.27. The number of nitrogens with two attached hydrogens (primary N) is 1. The first-order chi connectivity index (χ1) is 6.15. The Bertz CT molecular complexity index is 302. The molecule has 0 aliphatic heterocycles. The van der Waals surface area contributed by atoms with E-state index in [0.29, 0.717) is 12.0 Å². The minimum absolute atomic E-state index is 0.260. The summed E-state index contributed by atoms with van der Waals surface area (Å²) in [6.45, 7) is 2.02.